The summed E-state index contributed by atoms with van der Waals surface area (Å²) in [6.07, 6.45) is 1.68. The Morgan fingerprint density at radius 3 is 2.60 bits per heavy atom. The standard InChI is InChI=1S/C22H30N4O3S/c1-3-25(4-2)13-15-29-22-12-8-5-9-19(22)17-24-30(27,28)16-14-26-18-23-20-10-6-7-11-21(20)26/h5-12,18,24H,3-4,13-17H2,1-2H3. The third-order valence-corrected chi connectivity index (χ3v) is 6.45. The van der Waals surface area contributed by atoms with Gasteiger partial charge in [-0.05, 0) is 31.3 Å². The average Bonchev–Trinajstić information content (AvgIpc) is 3.18. The van der Waals surface area contributed by atoms with Crippen molar-refractivity contribution in [3.05, 3.63) is 60.4 Å². The predicted molar refractivity (Wildman–Crippen MR) is 120 cm³/mol. The number of hydrogen-bond donors (Lipinski definition) is 1. The zero-order chi connectivity index (χ0) is 21.4. The van der Waals surface area contributed by atoms with Gasteiger partial charge in [-0.15, -0.1) is 0 Å². The third kappa shape index (κ3) is 6.04. The molecule has 0 spiro atoms. The topological polar surface area (TPSA) is 76.5 Å². The Bertz CT molecular complexity index is 1050. The Labute approximate surface area is 178 Å². The maximum Gasteiger partial charge on any atom is 0.213 e. The summed E-state index contributed by atoms with van der Waals surface area (Å²) in [5.74, 6) is 0.700. The number of sulfonamides is 1. The van der Waals surface area contributed by atoms with Crippen LogP contribution in [0.4, 0.5) is 0 Å². The van der Waals surface area contributed by atoms with Gasteiger partial charge in [0, 0.05) is 25.2 Å². The van der Waals surface area contributed by atoms with E-state index in [2.05, 4.69) is 28.5 Å². The molecule has 3 rings (SSSR count). The van der Waals surface area contributed by atoms with Gasteiger partial charge in [0.05, 0.1) is 23.1 Å². The van der Waals surface area contributed by atoms with Gasteiger partial charge in [0.15, 0.2) is 0 Å². The lowest BCUT2D eigenvalue weighted by Gasteiger charge is -2.19. The van der Waals surface area contributed by atoms with Crippen LogP contribution >= 0.6 is 0 Å². The van der Waals surface area contributed by atoms with Crippen molar-refractivity contribution in [3.8, 4) is 5.75 Å². The minimum atomic E-state index is -3.45. The lowest BCUT2D eigenvalue weighted by molar-refractivity contribution is 0.221. The first-order chi connectivity index (χ1) is 14.5. The molecule has 0 aliphatic heterocycles. The van der Waals surface area contributed by atoms with Gasteiger partial charge in [-0.25, -0.2) is 18.1 Å². The van der Waals surface area contributed by atoms with Crippen molar-refractivity contribution < 1.29 is 13.2 Å². The molecule has 0 aliphatic carbocycles. The van der Waals surface area contributed by atoms with Crippen LogP contribution < -0.4 is 9.46 Å². The number of nitrogens with zero attached hydrogens (tertiary/aromatic N) is 3. The van der Waals surface area contributed by atoms with Gasteiger partial charge >= 0.3 is 0 Å². The number of benzene rings is 2. The Hall–Kier alpha value is -2.42. The van der Waals surface area contributed by atoms with Crippen LogP contribution in [0.2, 0.25) is 0 Å². The molecule has 3 aromatic rings. The highest BCUT2D eigenvalue weighted by Crippen LogP contribution is 2.18. The lowest BCUT2D eigenvalue weighted by atomic mass is 10.2. The minimum Gasteiger partial charge on any atom is -0.492 e. The Morgan fingerprint density at radius 1 is 1.07 bits per heavy atom. The second-order valence-electron chi connectivity index (χ2n) is 7.05. The molecule has 0 saturated heterocycles. The van der Waals surface area contributed by atoms with E-state index in [4.69, 9.17) is 4.74 Å². The SMILES string of the molecule is CCN(CC)CCOc1ccccc1CNS(=O)(=O)CCn1cnc2ccccc21. The summed E-state index contributed by atoms with van der Waals surface area (Å²) in [5, 5.41) is 0. The molecule has 0 bridgehead atoms. The smallest absolute Gasteiger partial charge is 0.213 e. The van der Waals surface area contributed by atoms with Gasteiger partial charge in [-0.3, -0.25) is 0 Å². The molecular formula is C22H30N4O3S. The Morgan fingerprint density at radius 2 is 1.80 bits per heavy atom. The number of para-hydroxylation sites is 3. The number of aromatic nitrogens is 2. The van der Waals surface area contributed by atoms with Crippen molar-refractivity contribution >= 4 is 21.1 Å². The lowest BCUT2D eigenvalue weighted by Crippen LogP contribution is -2.29. The van der Waals surface area contributed by atoms with Crippen LogP contribution in [0.3, 0.4) is 0 Å². The van der Waals surface area contributed by atoms with Crippen molar-refractivity contribution in [2.75, 3.05) is 32.0 Å². The molecule has 1 aromatic heterocycles. The van der Waals surface area contributed by atoms with Crippen molar-refractivity contribution in [2.24, 2.45) is 0 Å². The van der Waals surface area contributed by atoms with E-state index < -0.39 is 10.0 Å². The quantitative estimate of drug-likeness (QED) is 0.478. The minimum absolute atomic E-state index is 0.0155. The normalized spacial score (nSPS) is 12.0. The number of rotatable bonds is 12. The summed E-state index contributed by atoms with van der Waals surface area (Å²) in [5.41, 5.74) is 2.62. The fourth-order valence-electron chi connectivity index (χ4n) is 3.28. The van der Waals surface area contributed by atoms with Crippen molar-refractivity contribution in [1.29, 1.82) is 0 Å². The third-order valence-electron chi connectivity index (χ3n) is 5.14. The number of imidazole rings is 1. The number of aryl methyl sites for hydroxylation is 1. The zero-order valence-electron chi connectivity index (χ0n) is 17.6. The van der Waals surface area contributed by atoms with E-state index in [0.717, 1.165) is 36.2 Å². The number of hydrogen-bond acceptors (Lipinski definition) is 5. The van der Waals surface area contributed by atoms with Crippen molar-refractivity contribution in [1.82, 2.24) is 19.2 Å². The molecule has 0 atom stereocenters. The van der Waals surface area contributed by atoms with E-state index in [-0.39, 0.29) is 12.3 Å². The fraction of sp³-hybridized carbons (Fsp3) is 0.409. The monoisotopic (exact) mass is 430 g/mol. The largest absolute Gasteiger partial charge is 0.492 e. The zero-order valence-corrected chi connectivity index (χ0v) is 18.4. The summed E-state index contributed by atoms with van der Waals surface area (Å²) >= 11 is 0. The summed E-state index contributed by atoms with van der Waals surface area (Å²) < 4.78 is 35.5. The average molecular weight is 431 g/mol. The van der Waals surface area contributed by atoms with Crippen LogP contribution in [-0.4, -0.2) is 54.9 Å². The highest BCUT2D eigenvalue weighted by molar-refractivity contribution is 7.89. The second kappa shape index (κ2) is 10.6. The van der Waals surface area contributed by atoms with Gasteiger partial charge in [0.25, 0.3) is 0 Å². The molecule has 0 amide bonds. The maximum absolute atomic E-state index is 12.5. The predicted octanol–water partition coefficient (Wildman–Crippen LogP) is 2.88. The first-order valence-electron chi connectivity index (χ1n) is 10.3. The summed E-state index contributed by atoms with van der Waals surface area (Å²) in [6, 6.07) is 15.2. The van der Waals surface area contributed by atoms with Gasteiger partial charge < -0.3 is 14.2 Å². The van der Waals surface area contributed by atoms with Crippen LogP contribution in [0.5, 0.6) is 5.75 Å². The molecule has 0 radical (unpaired) electrons. The van der Waals surface area contributed by atoms with E-state index in [9.17, 15) is 8.42 Å². The molecule has 0 saturated carbocycles. The van der Waals surface area contributed by atoms with E-state index in [1.165, 1.54) is 0 Å². The van der Waals surface area contributed by atoms with Gasteiger partial charge in [0.1, 0.15) is 12.4 Å². The van der Waals surface area contributed by atoms with Gasteiger partial charge in [0.2, 0.25) is 10.0 Å². The highest BCUT2D eigenvalue weighted by atomic mass is 32.2. The van der Waals surface area contributed by atoms with Gasteiger partial charge in [-0.2, -0.15) is 0 Å². The van der Waals surface area contributed by atoms with Crippen LogP contribution in [0, 0.1) is 0 Å². The van der Waals surface area contributed by atoms with Crippen LogP contribution in [-0.2, 0) is 23.1 Å². The summed E-state index contributed by atoms with van der Waals surface area (Å²) in [4.78, 5) is 6.59. The van der Waals surface area contributed by atoms with Crippen LogP contribution in [0.25, 0.3) is 11.0 Å². The molecule has 1 heterocycles. The maximum atomic E-state index is 12.5. The van der Waals surface area contributed by atoms with E-state index in [1.807, 2.05) is 53.1 Å². The first-order valence-corrected chi connectivity index (χ1v) is 12.0. The van der Waals surface area contributed by atoms with E-state index >= 15 is 0 Å². The molecule has 1 N–H and O–H groups in total. The molecule has 2 aromatic carbocycles. The molecule has 7 nitrogen and oxygen atoms in total. The molecule has 0 aliphatic rings. The molecule has 0 unspecified atom stereocenters. The van der Waals surface area contributed by atoms with E-state index in [1.54, 1.807) is 6.33 Å². The number of nitrogens with one attached hydrogen (secondary N) is 1. The van der Waals surface area contributed by atoms with Gasteiger partial charge in [-0.1, -0.05) is 44.2 Å². The second-order valence-corrected chi connectivity index (χ2v) is 8.98. The highest BCUT2D eigenvalue weighted by Gasteiger charge is 2.13. The van der Waals surface area contributed by atoms with Crippen molar-refractivity contribution in [3.63, 3.8) is 0 Å². The first kappa shape index (κ1) is 22.3. The Balaban J connectivity index is 1.55. The van der Waals surface area contributed by atoms with Crippen LogP contribution in [0.1, 0.15) is 19.4 Å². The molecule has 8 heteroatoms. The Kier molecular flexibility index (Phi) is 7.84. The van der Waals surface area contributed by atoms with Crippen molar-refractivity contribution in [2.45, 2.75) is 26.9 Å². The molecule has 0 fully saturated rings. The summed E-state index contributed by atoms with van der Waals surface area (Å²) in [6.45, 7) is 8.16. The number of likely N-dealkylation sites (N-methyl/N-ethyl adjacent to an activating group) is 1. The molecular weight excluding hydrogens is 400 g/mol. The molecule has 162 valence electrons. The number of ether oxygens (including phenoxy) is 1. The fourth-order valence-corrected chi connectivity index (χ4v) is 4.24. The summed E-state index contributed by atoms with van der Waals surface area (Å²) in [7, 11) is -3.45. The van der Waals surface area contributed by atoms with E-state index in [0.29, 0.717) is 18.9 Å². The van der Waals surface area contributed by atoms with Crippen LogP contribution in [0.15, 0.2) is 54.9 Å². The number of fused-ring (bicyclic) bond motifs is 1. The molecule has 30 heavy (non-hydrogen) atoms.